The first-order valence-electron chi connectivity index (χ1n) is 8.48. The lowest BCUT2D eigenvalue weighted by atomic mass is 10.0. The lowest BCUT2D eigenvalue weighted by Gasteiger charge is -2.08. The van der Waals surface area contributed by atoms with Crippen molar-refractivity contribution in [3.63, 3.8) is 0 Å². The maximum atomic E-state index is 10.1. The monoisotopic (exact) mass is 323 g/mol. The van der Waals surface area contributed by atoms with Crippen LogP contribution in [0.15, 0.2) is 84.9 Å². The Morgan fingerprint density at radius 1 is 0.680 bits per heavy atom. The fourth-order valence-electron chi connectivity index (χ4n) is 3.79. The number of phenols is 1. The van der Waals surface area contributed by atoms with Crippen LogP contribution in [0.25, 0.3) is 32.6 Å². The van der Waals surface area contributed by atoms with Crippen molar-refractivity contribution in [1.82, 2.24) is 4.57 Å². The normalized spacial score (nSPS) is 11.5. The highest BCUT2D eigenvalue weighted by molar-refractivity contribution is 6.20. The van der Waals surface area contributed by atoms with E-state index in [0.717, 1.165) is 17.4 Å². The highest BCUT2D eigenvalue weighted by Gasteiger charge is 2.14. The molecule has 0 saturated carbocycles. The van der Waals surface area contributed by atoms with E-state index in [-0.39, 0.29) is 0 Å². The molecule has 0 saturated heterocycles. The number of rotatable bonds is 2. The summed E-state index contributed by atoms with van der Waals surface area (Å²) >= 11 is 0. The van der Waals surface area contributed by atoms with E-state index >= 15 is 0 Å². The summed E-state index contributed by atoms with van der Waals surface area (Å²) in [5.74, 6) is 0.305. The molecule has 1 heterocycles. The summed E-state index contributed by atoms with van der Waals surface area (Å²) in [7, 11) is 0. The molecular formula is C23H17NO. The number of hydrogen-bond acceptors (Lipinski definition) is 1. The van der Waals surface area contributed by atoms with Crippen LogP contribution in [0, 0.1) is 0 Å². The van der Waals surface area contributed by atoms with E-state index in [4.69, 9.17) is 0 Å². The highest BCUT2D eigenvalue weighted by atomic mass is 16.3. The molecular weight excluding hydrogens is 306 g/mol. The summed E-state index contributed by atoms with van der Waals surface area (Å²) in [6.45, 7) is 0.809. The lowest BCUT2D eigenvalue weighted by Crippen LogP contribution is -1.98. The molecule has 1 aromatic heterocycles. The van der Waals surface area contributed by atoms with Crippen LogP contribution in [0.5, 0.6) is 5.75 Å². The van der Waals surface area contributed by atoms with Gasteiger partial charge in [0.1, 0.15) is 5.75 Å². The zero-order valence-electron chi connectivity index (χ0n) is 13.7. The van der Waals surface area contributed by atoms with Crippen LogP contribution >= 0.6 is 0 Å². The van der Waals surface area contributed by atoms with Gasteiger partial charge in [-0.05, 0) is 40.6 Å². The minimum Gasteiger partial charge on any atom is -0.508 e. The molecule has 0 bridgehead atoms. The van der Waals surface area contributed by atoms with E-state index in [0.29, 0.717) is 5.75 Å². The molecule has 0 spiro atoms. The second-order valence-corrected chi connectivity index (χ2v) is 6.45. The first-order chi connectivity index (χ1) is 12.3. The average Bonchev–Trinajstić information content (AvgIpc) is 2.96. The number of aromatic hydroxyl groups is 1. The van der Waals surface area contributed by atoms with Crippen LogP contribution in [-0.2, 0) is 6.54 Å². The maximum Gasteiger partial charge on any atom is 0.116 e. The number of hydrogen-bond donors (Lipinski definition) is 1. The fourth-order valence-corrected chi connectivity index (χ4v) is 3.79. The summed E-state index contributed by atoms with van der Waals surface area (Å²) in [5, 5.41) is 14.8. The summed E-state index contributed by atoms with van der Waals surface area (Å²) in [5.41, 5.74) is 3.61. The molecule has 0 radical (unpaired) electrons. The smallest absolute Gasteiger partial charge is 0.116 e. The number of nitrogens with zero attached hydrogens (tertiary/aromatic N) is 1. The van der Waals surface area contributed by atoms with Crippen LogP contribution in [0.2, 0.25) is 0 Å². The van der Waals surface area contributed by atoms with Crippen LogP contribution < -0.4 is 0 Å². The number of aromatic nitrogens is 1. The van der Waals surface area contributed by atoms with Crippen molar-refractivity contribution in [2.45, 2.75) is 6.54 Å². The van der Waals surface area contributed by atoms with Crippen molar-refractivity contribution >= 4 is 32.6 Å². The van der Waals surface area contributed by atoms with Crippen LogP contribution in [0.1, 0.15) is 5.56 Å². The van der Waals surface area contributed by atoms with E-state index in [1.807, 2.05) is 18.2 Å². The average molecular weight is 323 g/mol. The zero-order chi connectivity index (χ0) is 16.8. The zero-order valence-corrected chi connectivity index (χ0v) is 13.7. The molecule has 2 heteroatoms. The second-order valence-electron chi connectivity index (χ2n) is 6.45. The summed E-state index contributed by atoms with van der Waals surface area (Å²) in [4.78, 5) is 0. The van der Waals surface area contributed by atoms with Crippen LogP contribution in [0.3, 0.4) is 0 Å². The lowest BCUT2D eigenvalue weighted by molar-refractivity contribution is 0.476. The maximum absolute atomic E-state index is 10.1. The van der Waals surface area contributed by atoms with Gasteiger partial charge in [-0.15, -0.1) is 0 Å². The SMILES string of the molecule is Oc1ccc2c(c1)c1c3ccccc3ccc1n2Cc1ccccc1. The molecule has 0 amide bonds. The molecule has 4 aromatic carbocycles. The van der Waals surface area contributed by atoms with Gasteiger partial charge in [-0.1, -0.05) is 60.7 Å². The Hall–Kier alpha value is -3.26. The van der Waals surface area contributed by atoms with E-state index < -0.39 is 0 Å². The number of fused-ring (bicyclic) bond motifs is 5. The van der Waals surface area contributed by atoms with Gasteiger partial charge in [0.25, 0.3) is 0 Å². The largest absolute Gasteiger partial charge is 0.508 e. The Balaban J connectivity index is 1.91. The molecule has 0 aliphatic rings. The Kier molecular flexibility index (Phi) is 3.04. The molecule has 1 N–H and O–H groups in total. The van der Waals surface area contributed by atoms with Gasteiger partial charge >= 0.3 is 0 Å². The minimum atomic E-state index is 0.305. The van der Waals surface area contributed by atoms with Crippen LogP contribution in [0.4, 0.5) is 0 Å². The van der Waals surface area contributed by atoms with Gasteiger partial charge in [0, 0.05) is 22.8 Å². The molecule has 5 aromatic rings. The van der Waals surface area contributed by atoms with Crippen molar-refractivity contribution in [3.8, 4) is 5.75 Å². The third kappa shape index (κ3) is 2.18. The molecule has 5 rings (SSSR count). The Morgan fingerprint density at radius 3 is 2.32 bits per heavy atom. The number of phenolic OH excluding ortho intramolecular Hbond substituents is 1. The minimum absolute atomic E-state index is 0.305. The predicted molar refractivity (Wildman–Crippen MR) is 104 cm³/mol. The van der Waals surface area contributed by atoms with E-state index in [9.17, 15) is 5.11 Å². The van der Waals surface area contributed by atoms with E-state index in [1.54, 1.807) is 6.07 Å². The van der Waals surface area contributed by atoms with Crippen molar-refractivity contribution in [2.75, 3.05) is 0 Å². The van der Waals surface area contributed by atoms with Gasteiger partial charge in [-0.25, -0.2) is 0 Å². The molecule has 25 heavy (non-hydrogen) atoms. The van der Waals surface area contributed by atoms with Crippen LogP contribution in [-0.4, -0.2) is 9.67 Å². The van der Waals surface area contributed by atoms with Crippen molar-refractivity contribution in [3.05, 3.63) is 90.5 Å². The number of benzene rings is 4. The van der Waals surface area contributed by atoms with Crippen molar-refractivity contribution in [1.29, 1.82) is 0 Å². The summed E-state index contributed by atoms with van der Waals surface area (Å²) in [6.07, 6.45) is 0. The first kappa shape index (κ1) is 14.1. The molecule has 0 atom stereocenters. The molecule has 0 aliphatic heterocycles. The third-order valence-electron chi connectivity index (χ3n) is 4.92. The van der Waals surface area contributed by atoms with Gasteiger partial charge in [-0.2, -0.15) is 0 Å². The van der Waals surface area contributed by atoms with Gasteiger partial charge < -0.3 is 9.67 Å². The van der Waals surface area contributed by atoms with Gasteiger partial charge in [-0.3, -0.25) is 0 Å². The molecule has 0 aliphatic carbocycles. The quantitative estimate of drug-likeness (QED) is 0.443. The molecule has 2 nitrogen and oxygen atoms in total. The fraction of sp³-hybridized carbons (Fsp3) is 0.0435. The predicted octanol–water partition coefficient (Wildman–Crippen LogP) is 5.70. The first-order valence-corrected chi connectivity index (χ1v) is 8.48. The summed E-state index contributed by atoms with van der Waals surface area (Å²) in [6, 6.07) is 29.0. The van der Waals surface area contributed by atoms with Gasteiger partial charge in [0.05, 0.1) is 5.52 Å². The van der Waals surface area contributed by atoms with Gasteiger partial charge in [0.2, 0.25) is 0 Å². The molecule has 120 valence electrons. The standard InChI is InChI=1S/C23H17NO/c25-18-11-13-21-20(14-18)23-19-9-5-4-8-17(19)10-12-22(23)24(21)15-16-6-2-1-3-7-16/h1-14,25H,15H2. The van der Waals surface area contributed by atoms with Gasteiger partial charge in [0.15, 0.2) is 0 Å². The Morgan fingerprint density at radius 2 is 1.44 bits per heavy atom. The molecule has 0 unspecified atom stereocenters. The van der Waals surface area contributed by atoms with E-state index in [2.05, 4.69) is 65.2 Å². The second kappa shape index (κ2) is 5.38. The molecule has 0 fully saturated rings. The van der Waals surface area contributed by atoms with Crippen molar-refractivity contribution in [2.24, 2.45) is 0 Å². The van der Waals surface area contributed by atoms with E-state index in [1.165, 1.54) is 27.2 Å². The Bertz CT molecular complexity index is 1220. The van der Waals surface area contributed by atoms with Crippen molar-refractivity contribution < 1.29 is 5.11 Å². The summed E-state index contributed by atoms with van der Waals surface area (Å²) < 4.78 is 2.34. The Labute approximate surface area is 145 Å². The highest BCUT2D eigenvalue weighted by Crippen LogP contribution is 2.36. The third-order valence-corrected chi connectivity index (χ3v) is 4.92. The topological polar surface area (TPSA) is 25.2 Å².